The largest absolute Gasteiger partial charge is 0.310 e. The van der Waals surface area contributed by atoms with Crippen LogP contribution in [-0.2, 0) is 10.8 Å². The highest BCUT2D eigenvalue weighted by Gasteiger charge is 2.56. The SMILES string of the molecule is [2H]C([2H])([2H])C1(C([2H])([2H])[2H])c2ccc(-c3cc(N(c4ccccc4)c4ccccc4)ccc3C)cc2C(C([2H])([2H])[2H])(C([2H])([2H])[2H])C1(C([2H])([2H])[2H])C([2H])([2H])[2H]. The van der Waals surface area contributed by atoms with Crippen molar-refractivity contribution in [1.29, 1.82) is 0 Å². The third kappa shape index (κ3) is 3.52. The second kappa shape index (κ2) is 8.12. The Hall–Kier alpha value is -3.32. The van der Waals surface area contributed by atoms with Crippen molar-refractivity contribution in [3.63, 3.8) is 0 Å². The summed E-state index contributed by atoms with van der Waals surface area (Å²) < 4.78 is 157. The molecule has 0 amide bonds. The standard InChI is InChI=1S/C34H37N/c1-24-18-20-28(35(26-14-10-8-11-15-26)27-16-12-9-13-17-27)23-29(24)25-19-21-30-31(22-25)33(4,5)34(6,7)32(30,2)3/h8-23H,1-7H3/i2D3,3D3,4D3,5D3,6D3,7D3. The van der Waals surface area contributed by atoms with Crippen LogP contribution >= 0.6 is 0 Å². The maximum absolute atomic E-state index is 8.76. The molecule has 4 aromatic rings. The molecule has 0 bridgehead atoms. The van der Waals surface area contributed by atoms with Crippen molar-refractivity contribution in [3.8, 4) is 11.1 Å². The molecule has 0 radical (unpaired) electrons. The molecule has 5 rings (SSSR count). The number of para-hydroxylation sites is 2. The number of nitrogens with zero attached hydrogens (tertiary/aromatic N) is 1. The highest BCUT2D eigenvalue weighted by atomic mass is 15.1. The van der Waals surface area contributed by atoms with E-state index < -0.39 is 68.5 Å². The van der Waals surface area contributed by atoms with Crippen LogP contribution in [0.25, 0.3) is 11.1 Å². The molecule has 0 fully saturated rings. The van der Waals surface area contributed by atoms with Crippen molar-refractivity contribution in [3.05, 3.63) is 114 Å². The van der Waals surface area contributed by atoms with Crippen LogP contribution in [0.3, 0.4) is 0 Å². The van der Waals surface area contributed by atoms with Gasteiger partial charge < -0.3 is 4.90 Å². The van der Waals surface area contributed by atoms with E-state index in [9.17, 15) is 0 Å². The first-order valence-corrected chi connectivity index (χ1v) is 11.2. The molecule has 0 saturated carbocycles. The van der Waals surface area contributed by atoms with Crippen LogP contribution in [0.1, 0.15) is 82.5 Å². The first-order valence-electron chi connectivity index (χ1n) is 20.2. The summed E-state index contributed by atoms with van der Waals surface area (Å²) in [6, 6.07) is 26.9. The normalized spacial score (nSPS) is 26.9. The average Bonchev–Trinajstić information content (AvgIpc) is 3.31. The van der Waals surface area contributed by atoms with E-state index >= 15 is 0 Å². The van der Waals surface area contributed by atoms with Gasteiger partial charge in [0, 0.05) is 41.7 Å². The Morgan fingerprint density at radius 3 is 1.74 bits per heavy atom. The molecule has 0 saturated heterocycles. The second-order valence-electron chi connectivity index (χ2n) is 9.02. The number of fused-ring (bicyclic) bond motifs is 1. The lowest BCUT2D eigenvalue weighted by atomic mass is 9.59. The number of hydrogen-bond donors (Lipinski definition) is 0. The Labute approximate surface area is 236 Å². The number of benzene rings is 4. The van der Waals surface area contributed by atoms with Gasteiger partial charge in [0.1, 0.15) is 0 Å². The predicted octanol–water partition coefficient (Wildman–Crippen LogP) is 9.73. The van der Waals surface area contributed by atoms with Crippen molar-refractivity contribution in [2.24, 2.45) is 5.41 Å². The summed E-state index contributed by atoms with van der Waals surface area (Å²) in [7, 11) is 0. The minimum Gasteiger partial charge on any atom is -0.310 e. The Balaban J connectivity index is 2.00. The van der Waals surface area contributed by atoms with Gasteiger partial charge in [0.2, 0.25) is 0 Å². The van der Waals surface area contributed by atoms with Gasteiger partial charge in [0.05, 0.1) is 0 Å². The summed E-state index contributed by atoms with van der Waals surface area (Å²) in [5.41, 5.74) is -11.5. The van der Waals surface area contributed by atoms with Gasteiger partial charge in [-0.3, -0.25) is 0 Å². The lowest BCUT2D eigenvalue weighted by molar-refractivity contribution is 0.125. The van der Waals surface area contributed by atoms with Gasteiger partial charge >= 0.3 is 0 Å². The van der Waals surface area contributed by atoms with Gasteiger partial charge in [-0.1, -0.05) is 102 Å². The lowest BCUT2D eigenvalue weighted by Gasteiger charge is -2.44. The summed E-state index contributed by atoms with van der Waals surface area (Å²) in [5.74, 6) is 0. The van der Waals surface area contributed by atoms with Gasteiger partial charge in [-0.2, -0.15) is 0 Å². The van der Waals surface area contributed by atoms with Crippen LogP contribution in [0.4, 0.5) is 17.1 Å². The fourth-order valence-electron chi connectivity index (χ4n) is 4.70. The summed E-state index contributed by atoms with van der Waals surface area (Å²) in [6.07, 6.45) is 0. The highest BCUT2D eigenvalue weighted by Crippen LogP contribution is 2.61. The third-order valence-electron chi connectivity index (χ3n) is 6.77. The fraction of sp³-hybridized carbons (Fsp3) is 0.294. The number of hydrogen-bond acceptors (Lipinski definition) is 1. The molecule has 0 aliphatic heterocycles. The van der Waals surface area contributed by atoms with Crippen molar-refractivity contribution >= 4 is 17.1 Å². The average molecular weight is 478 g/mol. The molecule has 0 unspecified atom stereocenters. The molecule has 0 aromatic heterocycles. The van der Waals surface area contributed by atoms with E-state index in [4.69, 9.17) is 24.7 Å². The summed E-state index contributed by atoms with van der Waals surface area (Å²) in [6.45, 7) is -23.4. The van der Waals surface area contributed by atoms with Crippen molar-refractivity contribution in [1.82, 2.24) is 0 Å². The van der Waals surface area contributed by atoms with E-state index in [1.165, 1.54) is 6.07 Å². The molecule has 1 heteroatoms. The Kier molecular flexibility index (Phi) is 2.40. The zero-order chi connectivity index (χ0) is 40.0. The van der Waals surface area contributed by atoms with Crippen LogP contribution < -0.4 is 4.90 Å². The van der Waals surface area contributed by atoms with E-state index in [2.05, 4.69) is 0 Å². The van der Waals surface area contributed by atoms with Crippen LogP contribution in [0, 0.1) is 12.3 Å². The molecule has 0 N–H and O–H groups in total. The zero-order valence-corrected chi connectivity index (χ0v) is 19.2. The van der Waals surface area contributed by atoms with Gasteiger partial charge in [-0.05, 0) is 87.4 Å². The fourth-order valence-corrected chi connectivity index (χ4v) is 4.70. The minimum absolute atomic E-state index is 0.0684. The molecule has 1 aliphatic carbocycles. The second-order valence-corrected chi connectivity index (χ2v) is 9.02. The number of rotatable bonds is 4. The molecular weight excluding hydrogens is 422 g/mol. The van der Waals surface area contributed by atoms with Crippen molar-refractivity contribution in [2.75, 3.05) is 4.90 Å². The first kappa shape index (κ1) is 10.3. The van der Waals surface area contributed by atoms with Crippen LogP contribution in [0.2, 0.25) is 0 Å². The number of anilines is 3. The molecule has 0 atom stereocenters. The smallest absolute Gasteiger partial charge is 0.0467 e. The van der Waals surface area contributed by atoms with E-state index in [1.807, 2.05) is 71.6 Å². The molecule has 0 spiro atoms. The zero-order valence-electron chi connectivity index (χ0n) is 37.2. The molecular formula is C34H37N. The molecule has 4 aromatic carbocycles. The Morgan fingerprint density at radius 2 is 1.17 bits per heavy atom. The van der Waals surface area contributed by atoms with Crippen molar-refractivity contribution < 1.29 is 24.7 Å². The topological polar surface area (TPSA) is 3.24 Å². The summed E-state index contributed by atoms with van der Waals surface area (Å²) >= 11 is 0. The summed E-state index contributed by atoms with van der Waals surface area (Å²) in [4.78, 5) is 1.91. The van der Waals surface area contributed by atoms with Gasteiger partial charge in [-0.15, -0.1) is 0 Å². The minimum atomic E-state index is -4.44. The highest BCUT2D eigenvalue weighted by molar-refractivity contribution is 5.81. The van der Waals surface area contributed by atoms with Crippen molar-refractivity contribution in [2.45, 2.75) is 58.9 Å². The maximum atomic E-state index is 8.76. The lowest BCUT2D eigenvalue weighted by Crippen LogP contribution is -2.42. The maximum Gasteiger partial charge on any atom is 0.0467 e. The molecule has 35 heavy (non-hydrogen) atoms. The Morgan fingerprint density at radius 1 is 0.571 bits per heavy atom. The van der Waals surface area contributed by atoms with Gasteiger partial charge in [0.25, 0.3) is 0 Å². The molecule has 1 nitrogen and oxygen atoms in total. The van der Waals surface area contributed by atoms with E-state index in [0.29, 0.717) is 16.8 Å². The van der Waals surface area contributed by atoms with E-state index in [1.54, 1.807) is 19.1 Å². The predicted molar refractivity (Wildman–Crippen MR) is 151 cm³/mol. The quantitative estimate of drug-likeness (QED) is 0.283. The first-order chi connectivity index (χ1) is 24.1. The van der Waals surface area contributed by atoms with Crippen LogP contribution in [0.5, 0.6) is 0 Å². The summed E-state index contributed by atoms with van der Waals surface area (Å²) in [5, 5.41) is 0. The monoisotopic (exact) mass is 477 g/mol. The van der Waals surface area contributed by atoms with E-state index in [-0.39, 0.29) is 5.56 Å². The van der Waals surface area contributed by atoms with Gasteiger partial charge in [0.15, 0.2) is 0 Å². The van der Waals surface area contributed by atoms with Crippen LogP contribution in [-0.4, -0.2) is 0 Å². The van der Waals surface area contributed by atoms with E-state index in [0.717, 1.165) is 23.5 Å². The molecule has 0 heterocycles. The van der Waals surface area contributed by atoms with Gasteiger partial charge in [-0.25, -0.2) is 0 Å². The molecule has 1 aliphatic rings. The molecule has 178 valence electrons. The van der Waals surface area contributed by atoms with Crippen LogP contribution in [0.15, 0.2) is 97.1 Å². The third-order valence-corrected chi connectivity index (χ3v) is 6.77. The number of aryl methyl sites for hydroxylation is 1. The Bertz CT molecular complexity index is 1880.